The minimum Gasteiger partial charge on any atom is -0.453 e. The maximum absolute atomic E-state index is 9.66. The summed E-state index contributed by atoms with van der Waals surface area (Å²) in [5, 5.41) is 11.6. The second-order valence-corrected chi connectivity index (χ2v) is 6.17. The first kappa shape index (κ1) is 14.6. The molecule has 4 aromatic rings. The second-order valence-electron chi connectivity index (χ2n) is 6.17. The Hall–Kier alpha value is -3.77. The Morgan fingerprint density at radius 2 is 1.23 bits per heavy atom. The molecule has 122 valence electrons. The van der Waals surface area contributed by atoms with Gasteiger partial charge in [0.2, 0.25) is 0 Å². The second kappa shape index (κ2) is 5.65. The number of benzene rings is 4. The fraction of sp³-hybridized carbons (Fsp3) is 0. The van der Waals surface area contributed by atoms with Crippen LogP contribution in [0.2, 0.25) is 0 Å². The van der Waals surface area contributed by atoms with E-state index in [0.717, 1.165) is 39.3 Å². The van der Waals surface area contributed by atoms with E-state index in [1.54, 1.807) is 0 Å². The summed E-state index contributed by atoms with van der Waals surface area (Å²) in [6.45, 7) is 0. The van der Waals surface area contributed by atoms with Gasteiger partial charge in [-0.1, -0.05) is 48.5 Å². The van der Waals surface area contributed by atoms with Gasteiger partial charge >= 0.3 is 0 Å². The third-order valence-corrected chi connectivity index (χ3v) is 4.68. The summed E-state index contributed by atoms with van der Waals surface area (Å²) in [6, 6.07) is 30.2. The van der Waals surface area contributed by atoms with Crippen molar-refractivity contribution in [1.82, 2.24) is 0 Å². The molecule has 1 aliphatic rings. The van der Waals surface area contributed by atoms with Crippen LogP contribution in [-0.2, 0) is 0 Å². The molecule has 3 nitrogen and oxygen atoms in total. The minimum atomic E-state index is 0.666. The standard InChI is InChI=1S/C23H14N2O/c24-15-17-9-5-7-16-8-6-12-20(23(16)17)25-18-10-1-3-13-21(18)26-22-14-4-2-11-19(22)25/h1-14H. The summed E-state index contributed by atoms with van der Waals surface area (Å²) in [4.78, 5) is 2.18. The van der Waals surface area contributed by atoms with Crippen LogP contribution in [0, 0.1) is 11.3 Å². The highest BCUT2D eigenvalue weighted by Crippen LogP contribution is 2.51. The SMILES string of the molecule is N#Cc1cccc2cccc(N3c4ccccc4Oc4ccccc43)c12. The van der Waals surface area contributed by atoms with Gasteiger partial charge in [-0.2, -0.15) is 5.26 Å². The third-order valence-electron chi connectivity index (χ3n) is 4.68. The van der Waals surface area contributed by atoms with Gasteiger partial charge in [-0.3, -0.25) is 0 Å². The highest BCUT2D eigenvalue weighted by molar-refractivity contribution is 6.03. The lowest BCUT2D eigenvalue weighted by Crippen LogP contribution is -2.16. The number of nitrogens with zero attached hydrogens (tertiary/aromatic N) is 2. The summed E-state index contributed by atoms with van der Waals surface area (Å²) in [6.07, 6.45) is 0. The molecular formula is C23H14N2O. The molecule has 0 saturated carbocycles. The van der Waals surface area contributed by atoms with Crippen molar-refractivity contribution in [2.24, 2.45) is 0 Å². The van der Waals surface area contributed by atoms with Crippen molar-refractivity contribution in [1.29, 1.82) is 5.26 Å². The zero-order valence-electron chi connectivity index (χ0n) is 13.9. The molecule has 0 aromatic heterocycles. The van der Waals surface area contributed by atoms with Gasteiger partial charge in [-0.15, -0.1) is 0 Å². The Morgan fingerprint density at radius 3 is 1.88 bits per heavy atom. The summed E-state index contributed by atoms with van der Waals surface area (Å²) in [5.41, 5.74) is 3.57. The number of fused-ring (bicyclic) bond motifs is 3. The monoisotopic (exact) mass is 334 g/mol. The zero-order valence-corrected chi connectivity index (χ0v) is 13.9. The van der Waals surface area contributed by atoms with Gasteiger partial charge in [0.05, 0.1) is 28.7 Å². The van der Waals surface area contributed by atoms with Crippen molar-refractivity contribution < 1.29 is 4.74 Å². The van der Waals surface area contributed by atoms with Crippen molar-refractivity contribution in [2.45, 2.75) is 0 Å². The molecule has 26 heavy (non-hydrogen) atoms. The van der Waals surface area contributed by atoms with E-state index in [0.29, 0.717) is 5.56 Å². The summed E-state index contributed by atoms with van der Waals surface area (Å²) in [7, 11) is 0. The highest BCUT2D eigenvalue weighted by Gasteiger charge is 2.26. The first-order valence-corrected chi connectivity index (χ1v) is 8.45. The Bertz CT molecular complexity index is 1140. The first-order chi connectivity index (χ1) is 12.9. The maximum Gasteiger partial charge on any atom is 0.151 e. The van der Waals surface area contributed by atoms with Gasteiger partial charge in [-0.25, -0.2) is 0 Å². The highest BCUT2D eigenvalue weighted by atomic mass is 16.5. The van der Waals surface area contributed by atoms with Gasteiger partial charge in [-0.05, 0) is 41.8 Å². The number of hydrogen-bond donors (Lipinski definition) is 0. The predicted octanol–water partition coefficient (Wildman–Crippen LogP) is 6.29. The van der Waals surface area contributed by atoms with Gasteiger partial charge in [0.1, 0.15) is 0 Å². The quantitative estimate of drug-likeness (QED) is 0.361. The molecule has 0 aliphatic carbocycles. The molecule has 0 unspecified atom stereocenters. The lowest BCUT2D eigenvalue weighted by molar-refractivity contribution is 0.477. The van der Waals surface area contributed by atoms with Crippen LogP contribution in [0.3, 0.4) is 0 Å². The predicted molar refractivity (Wildman–Crippen MR) is 103 cm³/mol. The van der Waals surface area contributed by atoms with Crippen molar-refractivity contribution >= 4 is 27.8 Å². The van der Waals surface area contributed by atoms with E-state index >= 15 is 0 Å². The fourth-order valence-corrected chi connectivity index (χ4v) is 3.56. The summed E-state index contributed by atoms with van der Waals surface area (Å²) >= 11 is 0. The molecule has 0 bridgehead atoms. The van der Waals surface area contributed by atoms with Crippen molar-refractivity contribution in [3.63, 3.8) is 0 Å². The smallest absolute Gasteiger partial charge is 0.151 e. The van der Waals surface area contributed by atoms with Crippen LogP contribution in [-0.4, -0.2) is 0 Å². The molecule has 0 radical (unpaired) electrons. The van der Waals surface area contributed by atoms with Gasteiger partial charge in [0.25, 0.3) is 0 Å². The van der Waals surface area contributed by atoms with Gasteiger partial charge in [0.15, 0.2) is 11.5 Å². The molecular weight excluding hydrogens is 320 g/mol. The van der Waals surface area contributed by atoms with Crippen LogP contribution in [0.1, 0.15) is 5.56 Å². The summed E-state index contributed by atoms with van der Waals surface area (Å²) in [5.74, 6) is 1.61. The van der Waals surface area contributed by atoms with E-state index in [-0.39, 0.29) is 0 Å². The molecule has 0 amide bonds. The van der Waals surface area contributed by atoms with Crippen LogP contribution >= 0.6 is 0 Å². The molecule has 4 aromatic carbocycles. The molecule has 1 aliphatic heterocycles. The average Bonchev–Trinajstić information content (AvgIpc) is 2.71. The van der Waals surface area contributed by atoms with E-state index in [1.807, 2.05) is 78.9 Å². The largest absolute Gasteiger partial charge is 0.453 e. The van der Waals surface area contributed by atoms with Crippen LogP contribution in [0.5, 0.6) is 11.5 Å². The number of nitriles is 1. The number of rotatable bonds is 1. The van der Waals surface area contributed by atoms with Crippen LogP contribution in [0.15, 0.2) is 84.9 Å². The summed E-state index contributed by atoms with van der Waals surface area (Å²) < 4.78 is 6.09. The zero-order chi connectivity index (χ0) is 17.5. The Kier molecular flexibility index (Phi) is 3.16. The molecule has 0 saturated heterocycles. The van der Waals surface area contributed by atoms with E-state index in [4.69, 9.17) is 4.74 Å². The van der Waals surface area contributed by atoms with Crippen LogP contribution in [0.4, 0.5) is 17.1 Å². The number of ether oxygens (including phenoxy) is 1. The maximum atomic E-state index is 9.66. The minimum absolute atomic E-state index is 0.666. The van der Waals surface area contributed by atoms with E-state index < -0.39 is 0 Å². The lowest BCUT2D eigenvalue weighted by atomic mass is 10.0. The van der Waals surface area contributed by atoms with Crippen molar-refractivity contribution in [3.8, 4) is 17.6 Å². The number of para-hydroxylation sites is 4. The molecule has 0 spiro atoms. The Morgan fingerprint density at radius 1 is 0.654 bits per heavy atom. The molecule has 0 atom stereocenters. The lowest BCUT2D eigenvalue weighted by Gasteiger charge is -2.33. The van der Waals surface area contributed by atoms with Crippen molar-refractivity contribution in [2.75, 3.05) is 4.90 Å². The van der Waals surface area contributed by atoms with E-state index in [9.17, 15) is 5.26 Å². The molecule has 3 heteroatoms. The van der Waals surface area contributed by atoms with Gasteiger partial charge in [0, 0.05) is 5.39 Å². The molecule has 0 N–H and O–H groups in total. The topological polar surface area (TPSA) is 36.3 Å². The fourth-order valence-electron chi connectivity index (χ4n) is 3.56. The molecule has 0 fully saturated rings. The molecule has 1 heterocycles. The Balaban J connectivity index is 1.88. The van der Waals surface area contributed by atoms with E-state index in [1.165, 1.54) is 0 Å². The normalized spacial score (nSPS) is 12.0. The average molecular weight is 334 g/mol. The first-order valence-electron chi connectivity index (χ1n) is 8.45. The van der Waals surface area contributed by atoms with Crippen molar-refractivity contribution in [3.05, 3.63) is 90.5 Å². The third kappa shape index (κ3) is 2.06. The van der Waals surface area contributed by atoms with Gasteiger partial charge < -0.3 is 9.64 Å². The van der Waals surface area contributed by atoms with E-state index in [2.05, 4.69) is 17.0 Å². The number of anilines is 3. The number of hydrogen-bond acceptors (Lipinski definition) is 3. The van der Waals surface area contributed by atoms with Crippen LogP contribution < -0.4 is 9.64 Å². The molecule has 5 rings (SSSR count). The Labute approximate surface area is 151 Å². The van der Waals surface area contributed by atoms with Crippen LogP contribution in [0.25, 0.3) is 10.8 Å².